The Morgan fingerprint density at radius 1 is 1.03 bits per heavy atom. The van der Waals surface area contributed by atoms with E-state index < -0.39 is 28.5 Å². The number of hydrogen-bond acceptors (Lipinski definition) is 6. The van der Waals surface area contributed by atoms with Gasteiger partial charge < -0.3 is 15.0 Å². The molecular formula is C28H32BrN3O5S2. The van der Waals surface area contributed by atoms with E-state index in [4.69, 9.17) is 4.74 Å². The molecule has 0 saturated heterocycles. The Balaban J connectivity index is 2.08. The summed E-state index contributed by atoms with van der Waals surface area (Å²) >= 11 is 4.90. The van der Waals surface area contributed by atoms with Crippen molar-refractivity contribution in [3.8, 4) is 5.75 Å². The average molecular weight is 635 g/mol. The molecule has 0 aliphatic carbocycles. The summed E-state index contributed by atoms with van der Waals surface area (Å²) in [6.45, 7) is 3.31. The van der Waals surface area contributed by atoms with Crippen LogP contribution in [-0.2, 0) is 26.2 Å². The van der Waals surface area contributed by atoms with Crippen LogP contribution in [0, 0.1) is 0 Å². The van der Waals surface area contributed by atoms with Crippen molar-refractivity contribution in [2.24, 2.45) is 0 Å². The smallest absolute Gasteiger partial charge is 0.264 e. The molecule has 3 rings (SSSR count). The summed E-state index contributed by atoms with van der Waals surface area (Å²) < 4.78 is 35.7. The van der Waals surface area contributed by atoms with Crippen molar-refractivity contribution in [2.75, 3.05) is 30.8 Å². The maximum atomic E-state index is 14.0. The highest BCUT2D eigenvalue weighted by atomic mass is 79.9. The molecule has 0 bridgehead atoms. The highest BCUT2D eigenvalue weighted by Crippen LogP contribution is 2.33. The summed E-state index contributed by atoms with van der Waals surface area (Å²) in [5.41, 5.74) is 1.02. The SMILES string of the molecule is CCOc1ccccc1N(CC(=O)N(Cc1ccc(Br)cc1)C(C)C(=O)NC)S(=O)(=O)c1ccc(SC)cc1. The van der Waals surface area contributed by atoms with Crippen LogP contribution in [0.5, 0.6) is 5.75 Å². The predicted molar refractivity (Wildman–Crippen MR) is 159 cm³/mol. The van der Waals surface area contributed by atoms with E-state index in [0.717, 1.165) is 19.2 Å². The largest absolute Gasteiger partial charge is 0.492 e. The molecule has 0 saturated carbocycles. The summed E-state index contributed by atoms with van der Waals surface area (Å²) in [5.74, 6) is -0.571. The second-order valence-electron chi connectivity index (χ2n) is 8.53. The van der Waals surface area contributed by atoms with Crippen LogP contribution in [0.3, 0.4) is 0 Å². The highest BCUT2D eigenvalue weighted by Gasteiger charge is 2.33. The minimum absolute atomic E-state index is 0.0400. The zero-order valence-corrected chi connectivity index (χ0v) is 25.5. The number of thioether (sulfide) groups is 1. The molecule has 2 amide bonds. The van der Waals surface area contributed by atoms with Gasteiger partial charge in [-0.1, -0.05) is 40.2 Å². The molecule has 1 atom stereocenters. The van der Waals surface area contributed by atoms with Gasteiger partial charge in [0, 0.05) is 23.0 Å². The predicted octanol–water partition coefficient (Wildman–Crippen LogP) is 4.93. The van der Waals surface area contributed by atoms with Crippen molar-refractivity contribution in [1.29, 1.82) is 0 Å². The van der Waals surface area contributed by atoms with Gasteiger partial charge in [0.1, 0.15) is 18.3 Å². The number of ether oxygens (including phenoxy) is 1. The van der Waals surface area contributed by atoms with Crippen LogP contribution in [0.1, 0.15) is 19.4 Å². The molecule has 1 N–H and O–H groups in total. The molecule has 0 aromatic heterocycles. The van der Waals surface area contributed by atoms with Gasteiger partial charge in [-0.2, -0.15) is 0 Å². The lowest BCUT2D eigenvalue weighted by Gasteiger charge is -2.32. The molecule has 0 aliphatic rings. The number of sulfonamides is 1. The standard InChI is InChI=1S/C28H32BrN3O5S2/c1-5-37-26-9-7-6-8-25(26)32(39(35,36)24-16-14-23(38-4)15-17-24)19-27(33)31(20(2)28(34)30-3)18-21-10-12-22(29)13-11-21/h6-17,20H,5,18-19H2,1-4H3,(H,30,34). The number of carbonyl (C=O) groups is 2. The highest BCUT2D eigenvalue weighted by molar-refractivity contribution is 9.10. The molecule has 0 spiro atoms. The topological polar surface area (TPSA) is 96.0 Å². The van der Waals surface area contributed by atoms with Gasteiger partial charge in [-0.25, -0.2) is 8.42 Å². The van der Waals surface area contributed by atoms with E-state index in [1.54, 1.807) is 50.2 Å². The first-order valence-electron chi connectivity index (χ1n) is 12.3. The van der Waals surface area contributed by atoms with Crippen LogP contribution in [0.4, 0.5) is 5.69 Å². The Bertz CT molecular complexity index is 1380. The lowest BCUT2D eigenvalue weighted by atomic mass is 10.1. The minimum atomic E-state index is -4.19. The van der Waals surface area contributed by atoms with Crippen LogP contribution < -0.4 is 14.4 Å². The molecule has 8 nitrogen and oxygen atoms in total. The fourth-order valence-corrected chi connectivity index (χ4v) is 6.00. The summed E-state index contributed by atoms with van der Waals surface area (Å²) in [7, 11) is -2.69. The van der Waals surface area contributed by atoms with Crippen molar-refractivity contribution in [1.82, 2.24) is 10.2 Å². The molecule has 0 fully saturated rings. The summed E-state index contributed by atoms with van der Waals surface area (Å²) in [6.07, 6.45) is 1.90. The molecule has 11 heteroatoms. The number of carbonyl (C=O) groups excluding carboxylic acids is 2. The fourth-order valence-electron chi connectivity index (χ4n) is 3.91. The normalized spacial score (nSPS) is 11.9. The quantitative estimate of drug-likeness (QED) is 0.284. The Morgan fingerprint density at radius 3 is 2.26 bits per heavy atom. The summed E-state index contributed by atoms with van der Waals surface area (Å²) in [4.78, 5) is 28.8. The van der Waals surface area contributed by atoms with Crippen LogP contribution >= 0.6 is 27.7 Å². The van der Waals surface area contributed by atoms with Crippen molar-refractivity contribution >= 4 is 55.2 Å². The van der Waals surface area contributed by atoms with Gasteiger partial charge in [0.25, 0.3) is 10.0 Å². The monoisotopic (exact) mass is 633 g/mol. The summed E-state index contributed by atoms with van der Waals surface area (Å²) in [5, 5.41) is 2.58. The van der Waals surface area contributed by atoms with Crippen LogP contribution in [0.25, 0.3) is 0 Å². The Kier molecular flexibility index (Phi) is 10.8. The maximum Gasteiger partial charge on any atom is 0.264 e. The van der Waals surface area contributed by atoms with Crippen LogP contribution in [0.2, 0.25) is 0 Å². The lowest BCUT2D eigenvalue weighted by molar-refractivity contribution is -0.139. The zero-order valence-electron chi connectivity index (χ0n) is 22.3. The first-order valence-corrected chi connectivity index (χ1v) is 15.7. The second-order valence-corrected chi connectivity index (χ2v) is 12.2. The maximum absolute atomic E-state index is 14.0. The third kappa shape index (κ3) is 7.55. The number of likely N-dealkylation sites (N-methyl/N-ethyl adjacent to an activating group) is 1. The fraction of sp³-hybridized carbons (Fsp3) is 0.286. The van der Waals surface area contributed by atoms with E-state index in [2.05, 4.69) is 21.2 Å². The third-order valence-electron chi connectivity index (χ3n) is 6.04. The van der Waals surface area contributed by atoms with E-state index in [1.165, 1.54) is 35.8 Å². The number of amides is 2. The number of nitrogens with zero attached hydrogens (tertiary/aromatic N) is 2. The number of nitrogens with one attached hydrogen (secondary N) is 1. The molecule has 3 aromatic carbocycles. The zero-order chi connectivity index (χ0) is 28.6. The second kappa shape index (κ2) is 13.9. The van der Waals surface area contributed by atoms with Crippen molar-refractivity contribution in [3.63, 3.8) is 0 Å². The molecule has 39 heavy (non-hydrogen) atoms. The van der Waals surface area contributed by atoms with E-state index in [1.807, 2.05) is 30.5 Å². The molecule has 3 aromatic rings. The van der Waals surface area contributed by atoms with Crippen molar-refractivity contribution in [2.45, 2.75) is 36.2 Å². The summed E-state index contributed by atoms with van der Waals surface area (Å²) in [6, 6.07) is 19.7. The van der Waals surface area contributed by atoms with Gasteiger partial charge in [-0.3, -0.25) is 13.9 Å². The van der Waals surface area contributed by atoms with Crippen LogP contribution in [0.15, 0.2) is 87.1 Å². The molecule has 0 aliphatic heterocycles. The molecule has 208 valence electrons. The number of halogens is 1. The van der Waals surface area contributed by atoms with Gasteiger partial charge in [0.05, 0.1) is 17.2 Å². The van der Waals surface area contributed by atoms with E-state index in [9.17, 15) is 18.0 Å². The Morgan fingerprint density at radius 2 is 1.67 bits per heavy atom. The van der Waals surface area contributed by atoms with Gasteiger partial charge in [0.15, 0.2) is 0 Å². The third-order valence-corrected chi connectivity index (χ3v) is 9.09. The van der Waals surface area contributed by atoms with E-state index in [0.29, 0.717) is 12.4 Å². The van der Waals surface area contributed by atoms with Gasteiger partial charge in [0.2, 0.25) is 11.8 Å². The van der Waals surface area contributed by atoms with Gasteiger partial charge in [-0.15, -0.1) is 11.8 Å². The van der Waals surface area contributed by atoms with Gasteiger partial charge in [-0.05, 0) is 74.2 Å². The lowest BCUT2D eigenvalue weighted by Crippen LogP contribution is -2.50. The molecule has 0 radical (unpaired) electrons. The average Bonchev–Trinajstić information content (AvgIpc) is 2.95. The van der Waals surface area contributed by atoms with Crippen molar-refractivity contribution in [3.05, 3.63) is 82.8 Å². The van der Waals surface area contributed by atoms with Crippen LogP contribution in [-0.4, -0.2) is 57.6 Å². The Hall–Kier alpha value is -3.02. The minimum Gasteiger partial charge on any atom is -0.492 e. The first kappa shape index (κ1) is 30.5. The Labute approximate surface area is 242 Å². The number of benzene rings is 3. The molecule has 0 heterocycles. The molecule has 1 unspecified atom stereocenters. The van der Waals surface area contributed by atoms with Crippen molar-refractivity contribution < 1.29 is 22.7 Å². The first-order chi connectivity index (χ1) is 18.6. The number of hydrogen-bond donors (Lipinski definition) is 1. The number of para-hydroxylation sites is 2. The number of anilines is 1. The van der Waals surface area contributed by atoms with E-state index in [-0.39, 0.29) is 23.0 Å². The molecular weight excluding hydrogens is 602 g/mol. The van der Waals surface area contributed by atoms with E-state index >= 15 is 0 Å². The van der Waals surface area contributed by atoms with Gasteiger partial charge >= 0.3 is 0 Å². The number of rotatable bonds is 12.